The minimum absolute atomic E-state index is 0.231. The van der Waals surface area contributed by atoms with Gasteiger partial charge in [0.1, 0.15) is 0 Å². The van der Waals surface area contributed by atoms with Crippen molar-refractivity contribution in [2.24, 2.45) is 5.73 Å². The van der Waals surface area contributed by atoms with E-state index in [0.717, 1.165) is 0 Å². The van der Waals surface area contributed by atoms with Gasteiger partial charge in [0.15, 0.2) is 0 Å². The molecule has 0 amide bonds. The minimum Gasteiger partial charge on any atom is -0.391 e. The van der Waals surface area contributed by atoms with Crippen LogP contribution in [0.25, 0.3) is 0 Å². The Bertz CT molecular complexity index is 571. The van der Waals surface area contributed by atoms with Crippen LogP contribution in [0, 0.1) is 13.8 Å². The number of nitrogens with two attached hydrogens (primary N) is 1. The standard InChI is InChI=1S/C18H23NOS/c1-13-8-9-14(2)18(10-13)21-12-17(20)16(19)11-15-6-4-3-5-7-15/h3-10,16-17,20H,11-12,19H2,1-2H3. The zero-order valence-corrected chi connectivity index (χ0v) is 13.4. The lowest BCUT2D eigenvalue weighted by atomic mass is 10.0. The predicted molar refractivity (Wildman–Crippen MR) is 90.8 cm³/mol. The average Bonchev–Trinajstić information content (AvgIpc) is 2.49. The highest BCUT2D eigenvalue weighted by Gasteiger charge is 2.16. The highest BCUT2D eigenvalue weighted by molar-refractivity contribution is 7.99. The smallest absolute Gasteiger partial charge is 0.0788 e. The van der Waals surface area contributed by atoms with Crippen LogP contribution in [0.15, 0.2) is 53.4 Å². The Labute approximate surface area is 131 Å². The summed E-state index contributed by atoms with van der Waals surface area (Å²) in [4.78, 5) is 1.22. The third-order valence-corrected chi connectivity index (χ3v) is 4.82. The van der Waals surface area contributed by atoms with E-state index in [0.29, 0.717) is 12.2 Å². The van der Waals surface area contributed by atoms with E-state index in [4.69, 9.17) is 5.73 Å². The Morgan fingerprint density at radius 3 is 2.52 bits per heavy atom. The van der Waals surface area contributed by atoms with Crippen molar-refractivity contribution in [1.82, 2.24) is 0 Å². The van der Waals surface area contributed by atoms with Gasteiger partial charge in [-0.15, -0.1) is 11.8 Å². The van der Waals surface area contributed by atoms with Crippen molar-refractivity contribution in [1.29, 1.82) is 0 Å². The van der Waals surface area contributed by atoms with Crippen molar-refractivity contribution >= 4 is 11.8 Å². The first-order valence-electron chi connectivity index (χ1n) is 7.24. The van der Waals surface area contributed by atoms with Crippen molar-refractivity contribution in [3.05, 3.63) is 65.2 Å². The molecule has 2 unspecified atom stereocenters. The third kappa shape index (κ3) is 4.88. The lowest BCUT2D eigenvalue weighted by molar-refractivity contribution is 0.167. The molecule has 3 N–H and O–H groups in total. The molecule has 0 aromatic heterocycles. The number of rotatable bonds is 6. The molecule has 0 aliphatic heterocycles. The molecule has 2 aromatic carbocycles. The number of hydrogen-bond donors (Lipinski definition) is 2. The second kappa shape index (κ2) is 7.64. The topological polar surface area (TPSA) is 46.2 Å². The first-order chi connectivity index (χ1) is 10.1. The number of aryl methyl sites for hydroxylation is 2. The summed E-state index contributed by atoms with van der Waals surface area (Å²) < 4.78 is 0. The van der Waals surface area contributed by atoms with E-state index in [1.165, 1.54) is 21.6 Å². The molecule has 0 heterocycles. The molecule has 2 aromatic rings. The molecule has 0 aliphatic carbocycles. The average molecular weight is 301 g/mol. The van der Waals surface area contributed by atoms with Gasteiger partial charge in [0, 0.05) is 16.7 Å². The fourth-order valence-corrected chi connectivity index (χ4v) is 3.35. The van der Waals surface area contributed by atoms with Gasteiger partial charge >= 0.3 is 0 Å². The summed E-state index contributed by atoms with van der Waals surface area (Å²) in [5.74, 6) is 0.623. The molecular formula is C18H23NOS. The number of aliphatic hydroxyl groups is 1. The highest BCUT2D eigenvalue weighted by Crippen LogP contribution is 2.24. The maximum atomic E-state index is 10.3. The van der Waals surface area contributed by atoms with Crippen LogP contribution in [0.3, 0.4) is 0 Å². The second-order valence-corrected chi connectivity index (χ2v) is 6.56. The Hall–Kier alpha value is -1.29. The molecule has 112 valence electrons. The summed E-state index contributed by atoms with van der Waals surface area (Å²) in [6, 6.07) is 16.2. The van der Waals surface area contributed by atoms with Gasteiger partial charge in [0.2, 0.25) is 0 Å². The van der Waals surface area contributed by atoms with Crippen LogP contribution in [0.4, 0.5) is 0 Å². The van der Waals surface area contributed by atoms with Crippen molar-refractivity contribution in [3.8, 4) is 0 Å². The molecule has 3 heteroatoms. The molecule has 0 aliphatic rings. The molecule has 0 spiro atoms. The monoisotopic (exact) mass is 301 g/mol. The Morgan fingerprint density at radius 1 is 1.10 bits per heavy atom. The van der Waals surface area contributed by atoms with Crippen LogP contribution in [0.5, 0.6) is 0 Å². The van der Waals surface area contributed by atoms with E-state index in [1.54, 1.807) is 11.8 Å². The maximum Gasteiger partial charge on any atom is 0.0788 e. The molecule has 2 nitrogen and oxygen atoms in total. The van der Waals surface area contributed by atoms with E-state index in [-0.39, 0.29) is 6.04 Å². The van der Waals surface area contributed by atoms with Crippen molar-refractivity contribution in [2.75, 3.05) is 5.75 Å². The zero-order chi connectivity index (χ0) is 15.2. The van der Waals surface area contributed by atoms with E-state index >= 15 is 0 Å². The Morgan fingerprint density at radius 2 is 1.81 bits per heavy atom. The van der Waals surface area contributed by atoms with Gasteiger partial charge in [-0.1, -0.05) is 48.0 Å². The van der Waals surface area contributed by atoms with E-state index in [1.807, 2.05) is 30.3 Å². The number of aliphatic hydroxyl groups excluding tert-OH is 1. The predicted octanol–water partition coefficient (Wildman–Crippen LogP) is 3.33. The summed E-state index contributed by atoms with van der Waals surface area (Å²) in [7, 11) is 0. The van der Waals surface area contributed by atoms with Crippen molar-refractivity contribution in [3.63, 3.8) is 0 Å². The number of hydrogen-bond acceptors (Lipinski definition) is 3. The molecule has 2 rings (SSSR count). The molecule has 0 saturated heterocycles. The zero-order valence-electron chi connectivity index (χ0n) is 12.6. The molecule has 0 saturated carbocycles. The van der Waals surface area contributed by atoms with E-state index in [9.17, 15) is 5.11 Å². The fourth-order valence-electron chi connectivity index (χ4n) is 2.18. The first-order valence-corrected chi connectivity index (χ1v) is 8.22. The summed E-state index contributed by atoms with van der Waals surface area (Å²) >= 11 is 1.68. The Balaban J connectivity index is 1.89. The van der Waals surface area contributed by atoms with Crippen LogP contribution >= 0.6 is 11.8 Å². The quantitative estimate of drug-likeness (QED) is 0.805. The van der Waals surface area contributed by atoms with Gasteiger partial charge in [-0.3, -0.25) is 0 Å². The summed E-state index contributed by atoms with van der Waals surface area (Å²) in [6.45, 7) is 4.18. The molecular weight excluding hydrogens is 278 g/mol. The van der Waals surface area contributed by atoms with Crippen molar-refractivity contribution in [2.45, 2.75) is 37.3 Å². The van der Waals surface area contributed by atoms with Gasteiger partial charge in [-0.25, -0.2) is 0 Å². The minimum atomic E-state index is -0.505. The molecule has 0 bridgehead atoms. The second-order valence-electron chi connectivity index (χ2n) is 5.50. The van der Waals surface area contributed by atoms with Crippen molar-refractivity contribution < 1.29 is 5.11 Å². The molecule has 0 fully saturated rings. The highest BCUT2D eigenvalue weighted by atomic mass is 32.2. The van der Waals surface area contributed by atoms with Crippen LogP contribution in [0.2, 0.25) is 0 Å². The third-order valence-electron chi connectivity index (χ3n) is 3.56. The van der Waals surface area contributed by atoms with Crippen LogP contribution in [0.1, 0.15) is 16.7 Å². The van der Waals surface area contributed by atoms with Gasteiger partial charge in [-0.2, -0.15) is 0 Å². The SMILES string of the molecule is Cc1ccc(C)c(SCC(O)C(N)Cc2ccccc2)c1. The van der Waals surface area contributed by atoms with E-state index in [2.05, 4.69) is 32.0 Å². The summed E-state index contributed by atoms with van der Waals surface area (Å²) in [5.41, 5.74) is 9.77. The lowest BCUT2D eigenvalue weighted by Crippen LogP contribution is -2.38. The summed E-state index contributed by atoms with van der Waals surface area (Å²) in [6.07, 6.45) is 0.199. The Kier molecular flexibility index (Phi) is 5.85. The van der Waals surface area contributed by atoms with Gasteiger partial charge in [-0.05, 0) is 37.5 Å². The van der Waals surface area contributed by atoms with E-state index < -0.39 is 6.10 Å². The molecule has 2 atom stereocenters. The van der Waals surface area contributed by atoms with Crippen LogP contribution in [-0.4, -0.2) is 23.0 Å². The fraction of sp³-hybridized carbons (Fsp3) is 0.333. The van der Waals surface area contributed by atoms with Gasteiger partial charge in [0.25, 0.3) is 0 Å². The summed E-state index contributed by atoms with van der Waals surface area (Å²) in [5, 5.41) is 10.3. The largest absolute Gasteiger partial charge is 0.391 e. The first kappa shape index (κ1) is 16.1. The van der Waals surface area contributed by atoms with Gasteiger partial charge in [0.05, 0.1) is 6.10 Å². The lowest BCUT2D eigenvalue weighted by Gasteiger charge is -2.19. The molecule has 21 heavy (non-hydrogen) atoms. The van der Waals surface area contributed by atoms with Crippen LogP contribution < -0.4 is 5.73 Å². The maximum absolute atomic E-state index is 10.3. The number of thioether (sulfide) groups is 1. The van der Waals surface area contributed by atoms with Gasteiger partial charge < -0.3 is 10.8 Å². The van der Waals surface area contributed by atoms with Crippen LogP contribution in [-0.2, 0) is 6.42 Å². The number of benzene rings is 2. The normalized spacial score (nSPS) is 13.9. The molecule has 0 radical (unpaired) electrons.